The molecule has 0 spiro atoms. The summed E-state index contributed by atoms with van der Waals surface area (Å²) < 4.78 is 0. The van der Waals surface area contributed by atoms with Crippen molar-refractivity contribution in [3.05, 3.63) is 35.9 Å². The second-order valence-corrected chi connectivity index (χ2v) is 4.33. The molecule has 0 radical (unpaired) electrons. The predicted octanol–water partition coefficient (Wildman–Crippen LogP) is 0.616. The Kier molecular flexibility index (Phi) is 3.05. The minimum Gasteiger partial charge on any atom is -0.393 e. The minimum atomic E-state index is -0.880. The van der Waals surface area contributed by atoms with E-state index in [0.29, 0.717) is 13.0 Å². The monoisotopic (exact) mass is 207 g/mol. The highest BCUT2D eigenvalue weighted by Gasteiger charge is 2.34. The van der Waals surface area contributed by atoms with E-state index in [1.54, 1.807) is 0 Å². The third kappa shape index (κ3) is 2.56. The molecule has 0 amide bonds. The topological polar surface area (TPSA) is 43.7 Å². The summed E-state index contributed by atoms with van der Waals surface area (Å²) in [5, 5.41) is 18.9. The van der Waals surface area contributed by atoms with Gasteiger partial charge in [0, 0.05) is 19.6 Å². The molecule has 1 saturated heterocycles. The van der Waals surface area contributed by atoms with Crippen molar-refractivity contribution in [3.63, 3.8) is 0 Å². The van der Waals surface area contributed by atoms with Gasteiger partial charge in [0.05, 0.1) is 6.61 Å². The molecule has 1 aliphatic heterocycles. The Morgan fingerprint density at radius 1 is 1.27 bits per heavy atom. The van der Waals surface area contributed by atoms with Gasteiger partial charge in [-0.2, -0.15) is 0 Å². The quantitative estimate of drug-likeness (QED) is 0.763. The highest BCUT2D eigenvalue weighted by Crippen LogP contribution is 2.22. The van der Waals surface area contributed by atoms with Crippen LogP contribution in [-0.2, 0) is 6.54 Å². The van der Waals surface area contributed by atoms with Crippen molar-refractivity contribution in [2.24, 2.45) is 0 Å². The summed E-state index contributed by atoms with van der Waals surface area (Å²) in [6, 6.07) is 10.2. The van der Waals surface area contributed by atoms with E-state index in [9.17, 15) is 5.11 Å². The highest BCUT2D eigenvalue weighted by atomic mass is 16.3. The van der Waals surface area contributed by atoms with Gasteiger partial charge in [-0.25, -0.2) is 0 Å². The maximum absolute atomic E-state index is 9.86. The second kappa shape index (κ2) is 4.31. The van der Waals surface area contributed by atoms with Crippen molar-refractivity contribution >= 4 is 0 Å². The lowest BCUT2D eigenvalue weighted by Gasteiger charge is -2.20. The molecule has 1 unspecified atom stereocenters. The maximum Gasteiger partial charge on any atom is 0.102 e. The molecule has 15 heavy (non-hydrogen) atoms. The summed E-state index contributed by atoms with van der Waals surface area (Å²) in [5.41, 5.74) is 0.370. The van der Waals surface area contributed by atoms with Gasteiger partial charge in [0.1, 0.15) is 5.60 Å². The first-order chi connectivity index (χ1) is 7.22. The Balaban J connectivity index is 1.93. The van der Waals surface area contributed by atoms with E-state index in [0.717, 1.165) is 13.1 Å². The zero-order valence-corrected chi connectivity index (χ0v) is 8.76. The standard InChI is InChI=1S/C12H17NO2/c14-10-12(15)6-7-13(9-12)8-11-4-2-1-3-5-11/h1-5,14-15H,6-10H2. The van der Waals surface area contributed by atoms with Crippen LogP contribution in [0.15, 0.2) is 30.3 Å². The average molecular weight is 207 g/mol. The molecule has 82 valence electrons. The minimum absolute atomic E-state index is 0.141. The van der Waals surface area contributed by atoms with Gasteiger partial charge >= 0.3 is 0 Å². The van der Waals surface area contributed by atoms with Crippen molar-refractivity contribution in [2.75, 3.05) is 19.7 Å². The Hall–Kier alpha value is -0.900. The molecule has 2 rings (SSSR count). The molecule has 3 heteroatoms. The molecule has 0 aliphatic carbocycles. The van der Waals surface area contributed by atoms with Gasteiger partial charge < -0.3 is 10.2 Å². The Bertz CT molecular complexity index is 315. The first kappa shape index (κ1) is 10.6. The number of likely N-dealkylation sites (tertiary alicyclic amines) is 1. The normalized spacial score (nSPS) is 27.1. The lowest BCUT2D eigenvalue weighted by molar-refractivity contribution is -0.00580. The molecule has 1 atom stereocenters. The van der Waals surface area contributed by atoms with Gasteiger partial charge in [-0.1, -0.05) is 30.3 Å². The molecular formula is C12H17NO2. The van der Waals surface area contributed by atoms with Gasteiger partial charge in [0.2, 0.25) is 0 Å². The largest absolute Gasteiger partial charge is 0.393 e. The van der Waals surface area contributed by atoms with Crippen molar-refractivity contribution in [1.29, 1.82) is 0 Å². The number of β-amino-alcohol motifs (C(OH)–C–C–N with tert-alkyl or cyclic N) is 1. The SMILES string of the molecule is OCC1(O)CCN(Cc2ccccc2)C1. The summed E-state index contributed by atoms with van der Waals surface area (Å²) >= 11 is 0. The number of hydrogen-bond acceptors (Lipinski definition) is 3. The Morgan fingerprint density at radius 2 is 2.00 bits per heavy atom. The predicted molar refractivity (Wildman–Crippen MR) is 58.4 cm³/mol. The van der Waals surface area contributed by atoms with E-state index in [1.807, 2.05) is 18.2 Å². The number of rotatable bonds is 3. The van der Waals surface area contributed by atoms with Crippen LogP contribution in [0.3, 0.4) is 0 Å². The Morgan fingerprint density at radius 3 is 2.60 bits per heavy atom. The van der Waals surface area contributed by atoms with E-state index in [1.165, 1.54) is 5.56 Å². The van der Waals surface area contributed by atoms with Crippen LogP contribution in [0.25, 0.3) is 0 Å². The van der Waals surface area contributed by atoms with Crippen LogP contribution in [0.5, 0.6) is 0 Å². The second-order valence-electron chi connectivity index (χ2n) is 4.33. The van der Waals surface area contributed by atoms with E-state index >= 15 is 0 Å². The van der Waals surface area contributed by atoms with Crippen LogP contribution < -0.4 is 0 Å². The molecule has 1 aromatic rings. The molecular weight excluding hydrogens is 190 g/mol. The van der Waals surface area contributed by atoms with Crippen LogP contribution >= 0.6 is 0 Å². The first-order valence-electron chi connectivity index (χ1n) is 5.31. The summed E-state index contributed by atoms with van der Waals surface area (Å²) in [5.74, 6) is 0. The van der Waals surface area contributed by atoms with Crippen LogP contribution in [0.1, 0.15) is 12.0 Å². The number of hydrogen-bond donors (Lipinski definition) is 2. The van der Waals surface area contributed by atoms with Crippen molar-refractivity contribution in [1.82, 2.24) is 4.90 Å². The molecule has 0 aromatic heterocycles. The zero-order chi connectivity index (χ0) is 10.7. The molecule has 1 aromatic carbocycles. The molecule has 1 fully saturated rings. The third-order valence-corrected chi connectivity index (χ3v) is 2.95. The van der Waals surface area contributed by atoms with Gasteiger partial charge in [-0.05, 0) is 12.0 Å². The van der Waals surface area contributed by atoms with Crippen molar-refractivity contribution in [2.45, 2.75) is 18.6 Å². The zero-order valence-electron chi connectivity index (χ0n) is 8.76. The van der Waals surface area contributed by atoms with Gasteiger partial charge in [0.25, 0.3) is 0 Å². The fraction of sp³-hybridized carbons (Fsp3) is 0.500. The molecule has 0 bridgehead atoms. The molecule has 1 heterocycles. The fourth-order valence-electron chi connectivity index (χ4n) is 2.05. The van der Waals surface area contributed by atoms with Crippen molar-refractivity contribution in [3.8, 4) is 0 Å². The molecule has 2 N–H and O–H groups in total. The van der Waals surface area contributed by atoms with E-state index in [2.05, 4.69) is 17.0 Å². The van der Waals surface area contributed by atoms with Crippen LogP contribution in [0.4, 0.5) is 0 Å². The van der Waals surface area contributed by atoms with Gasteiger partial charge in [-0.15, -0.1) is 0 Å². The van der Waals surface area contributed by atoms with Gasteiger partial charge in [-0.3, -0.25) is 4.90 Å². The van der Waals surface area contributed by atoms with Gasteiger partial charge in [0.15, 0.2) is 0 Å². The van der Waals surface area contributed by atoms with Crippen LogP contribution in [0, 0.1) is 0 Å². The van der Waals surface area contributed by atoms with Crippen LogP contribution in [0.2, 0.25) is 0 Å². The molecule has 1 aliphatic rings. The van der Waals surface area contributed by atoms with E-state index in [4.69, 9.17) is 5.11 Å². The highest BCUT2D eigenvalue weighted by molar-refractivity contribution is 5.14. The smallest absolute Gasteiger partial charge is 0.102 e. The summed E-state index contributed by atoms with van der Waals surface area (Å²) in [7, 11) is 0. The fourth-order valence-corrected chi connectivity index (χ4v) is 2.05. The molecule has 3 nitrogen and oxygen atoms in total. The van der Waals surface area contributed by atoms with E-state index in [-0.39, 0.29) is 6.61 Å². The van der Waals surface area contributed by atoms with Crippen molar-refractivity contribution < 1.29 is 10.2 Å². The lowest BCUT2D eigenvalue weighted by atomic mass is 10.1. The summed E-state index contributed by atoms with van der Waals surface area (Å²) in [6.45, 7) is 2.13. The lowest BCUT2D eigenvalue weighted by Crippen LogP contribution is -2.36. The number of aliphatic hydroxyl groups excluding tert-OH is 1. The number of nitrogens with zero attached hydrogens (tertiary/aromatic N) is 1. The average Bonchev–Trinajstić information content (AvgIpc) is 2.63. The third-order valence-electron chi connectivity index (χ3n) is 2.95. The first-order valence-corrected chi connectivity index (χ1v) is 5.31. The van der Waals surface area contributed by atoms with Crippen LogP contribution in [-0.4, -0.2) is 40.4 Å². The summed E-state index contributed by atoms with van der Waals surface area (Å²) in [6.07, 6.45) is 0.663. The summed E-state index contributed by atoms with van der Waals surface area (Å²) in [4.78, 5) is 2.17. The number of benzene rings is 1. The maximum atomic E-state index is 9.86. The Labute approximate surface area is 90.0 Å². The van der Waals surface area contributed by atoms with E-state index < -0.39 is 5.60 Å². The molecule has 0 saturated carbocycles. The number of aliphatic hydroxyl groups is 2.